The van der Waals surface area contributed by atoms with Gasteiger partial charge in [0.2, 0.25) is 15.9 Å². The molecule has 7 nitrogen and oxygen atoms in total. The molecule has 1 amide bonds. The van der Waals surface area contributed by atoms with E-state index in [2.05, 4.69) is 5.32 Å². The molecule has 3 aromatic rings. The fourth-order valence-electron chi connectivity index (χ4n) is 2.93. The number of carbonyl (C=O) groups excluding carboxylic acids is 1. The summed E-state index contributed by atoms with van der Waals surface area (Å²) in [4.78, 5) is 24.2. The standard InChI is InChI=1S/C19H21N3O4S2/c1-12-6-5-7-15(13(12)2)22(28(4,25)26)11-18(23)20-14-8-9-16-17(10-14)27-19(24)21(16)3/h5-10H,11H2,1-4H3,(H,20,23). The van der Waals surface area contributed by atoms with Gasteiger partial charge < -0.3 is 9.88 Å². The molecule has 0 bridgehead atoms. The quantitative estimate of drug-likeness (QED) is 0.689. The van der Waals surface area contributed by atoms with Gasteiger partial charge in [0.25, 0.3) is 0 Å². The minimum absolute atomic E-state index is 0.0864. The zero-order chi connectivity index (χ0) is 20.6. The van der Waals surface area contributed by atoms with Crippen molar-refractivity contribution in [1.29, 1.82) is 0 Å². The molecule has 0 saturated carbocycles. The number of fused-ring (bicyclic) bond motifs is 1. The normalized spacial score (nSPS) is 11.6. The van der Waals surface area contributed by atoms with Crippen LogP contribution in [0.2, 0.25) is 0 Å². The molecule has 148 valence electrons. The highest BCUT2D eigenvalue weighted by molar-refractivity contribution is 7.92. The van der Waals surface area contributed by atoms with Gasteiger partial charge in [-0.05, 0) is 49.2 Å². The number of nitrogens with one attached hydrogen (secondary N) is 1. The molecule has 9 heteroatoms. The summed E-state index contributed by atoms with van der Waals surface area (Å²) in [7, 11) is -1.96. The number of anilines is 2. The van der Waals surface area contributed by atoms with E-state index >= 15 is 0 Å². The molecule has 0 spiro atoms. The van der Waals surface area contributed by atoms with Crippen LogP contribution in [0.1, 0.15) is 11.1 Å². The lowest BCUT2D eigenvalue weighted by Crippen LogP contribution is -2.38. The highest BCUT2D eigenvalue weighted by Gasteiger charge is 2.23. The fourth-order valence-corrected chi connectivity index (χ4v) is 4.76. The molecule has 1 N–H and O–H groups in total. The smallest absolute Gasteiger partial charge is 0.307 e. The Balaban J connectivity index is 1.87. The van der Waals surface area contributed by atoms with Crippen LogP contribution in [0.5, 0.6) is 0 Å². The third kappa shape index (κ3) is 3.95. The van der Waals surface area contributed by atoms with E-state index in [-0.39, 0.29) is 11.4 Å². The number of aryl methyl sites for hydroxylation is 2. The number of benzene rings is 2. The molecular formula is C19H21N3O4S2. The molecular weight excluding hydrogens is 398 g/mol. The van der Waals surface area contributed by atoms with E-state index in [9.17, 15) is 18.0 Å². The number of hydrogen-bond acceptors (Lipinski definition) is 5. The summed E-state index contributed by atoms with van der Waals surface area (Å²) in [5.74, 6) is -0.464. The van der Waals surface area contributed by atoms with Crippen LogP contribution in [0.15, 0.2) is 41.2 Å². The van der Waals surface area contributed by atoms with Gasteiger partial charge in [-0.25, -0.2) is 8.42 Å². The van der Waals surface area contributed by atoms with Crippen molar-refractivity contribution >= 4 is 48.9 Å². The van der Waals surface area contributed by atoms with Gasteiger partial charge >= 0.3 is 4.87 Å². The van der Waals surface area contributed by atoms with Crippen molar-refractivity contribution < 1.29 is 13.2 Å². The highest BCUT2D eigenvalue weighted by Crippen LogP contribution is 2.25. The first-order valence-corrected chi connectivity index (χ1v) is 11.2. The molecule has 2 aromatic carbocycles. The first-order valence-electron chi connectivity index (χ1n) is 8.51. The molecule has 0 fully saturated rings. The highest BCUT2D eigenvalue weighted by atomic mass is 32.2. The van der Waals surface area contributed by atoms with E-state index in [0.717, 1.165) is 43.2 Å². The summed E-state index contributed by atoms with van der Waals surface area (Å²) >= 11 is 1.09. The number of thiazole rings is 1. The Bertz CT molecular complexity index is 1230. The van der Waals surface area contributed by atoms with Crippen LogP contribution in [-0.2, 0) is 21.9 Å². The summed E-state index contributed by atoms with van der Waals surface area (Å²) in [6, 6.07) is 10.5. The van der Waals surface area contributed by atoms with E-state index in [1.165, 1.54) is 4.57 Å². The Morgan fingerprint density at radius 2 is 1.93 bits per heavy atom. The monoisotopic (exact) mass is 419 g/mol. The maximum atomic E-state index is 12.6. The lowest BCUT2D eigenvalue weighted by molar-refractivity contribution is -0.114. The van der Waals surface area contributed by atoms with Crippen molar-refractivity contribution in [1.82, 2.24) is 4.57 Å². The topological polar surface area (TPSA) is 88.5 Å². The minimum atomic E-state index is -3.65. The Morgan fingerprint density at radius 1 is 1.21 bits per heavy atom. The third-order valence-corrected chi connectivity index (χ3v) is 6.73. The fraction of sp³-hybridized carbons (Fsp3) is 0.263. The van der Waals surface area contributed by atoms with E-state index in [0.29, 0.717) is 11.4 Å². The first-order chi connectivity index (χ1) is 13.1. The van der Waals surface area contributed by atoms with E-state index in [1.54, 1.807) is 37.4 Å². The third-order valence-electron chi connectivity index (χ3n) is 4.61. The Hall–Kier alpha value is -2.65. The Labute approximate surface area is 167 Å². The molecule has 0 aliphatic heterocycles. The van der Waals surface area contributed by atoms with Crippen LogP contribution in [0.4, 0.5) is 11.4 Å². The Kier molecular flexibility index (Phi) is 5.31. The SMILES string of the molecule is Cc1cccc(N(CC(=O)Nc2ccc3c(c2)sc(=O)n3C)S(C)(=O)=O)c1C. The van der Waals surface area contributed by atoms with Crippen LogP contribution in [0.3, 0.4) is 0 Å². The van der Waals surface area contributed by atoms with Crippen molar-refractivity contribution in [3.05, 3.63) is 57.2 Å². The summed E-state index contributed by atoms with van der Waals surface area (Å²) < 4.78 is 28.0. The first kappa shape index (κ1) is 20.1. The van der Waals surface area contributed by atoms with Gasteiger partial charge in [-0.1, -0.05) is 23.5 Å². The van der Waals surface area contributed by atoms with Gasteiger partial charge in [-0.2, -0.15) is 0 Å². The largest absolute Gasteiger partial charge is 0.324 e. The van der Waals surface area contributed by atoms with Crippen LogP contribution >= 0.6 is 11.3 Å². The van der Waals surface area contributed by atoms with Crippen LogP contribution in [-0.4, -0.2) is 31.7 Å². The van der Waals surface area contributed by atoms with E-state index < -0.39 is 15.9 Å². The van der Waals surface area contributed by atoms with Gasteiger partial charge in [-0.3, -0.25) is 13.9 Å². The molecule has 1 aromatic heterocycles. The summed E-state index contributed by atoms with van der Waals surface area (Å²) in [5, 5.41) is 2.72. The number of amides is 1. The van der Waals surface area contributed by atoms with Crippen molar-refractivity contribution in [2.75, 3.05) is 22.4 Å². The number of nitrogens with zero attached hydrogens (tertiary/aromatic N) is 2. The van der Waals surface area contributed by atoms with Gasteiger partial charge in [0.15, 0.2) is 0 Å². The number of aromatic nitrogens is 1. The maximum absolute atomic E-state index is 12.6. The van der Waals surface area contributed by atoms with E-state index in [4.69, 9.17) is 0 Å². The maximum Gasteiger partial charge on any atom is 0.307 e. The summed E-state index contributed by atoms with van der Waals surface area (Å²) in [5.41, 5.74) is 3.51. The summed E-state index contributed by atoms with van der Waals surface area (Å²) in [6.07, 6.45) is 1.08. The second-order valence-electron chi connectivity index (χ2n) is 6.65. The van der Waals surface area contributed by atoms with Gasteiger partial charge in [0.1, 0.15) is 6.54 Å². The van der Waals surface area contributed by atoms with Crippen molar-refractivity contribution in [2.24, 2.45) is 7.05 Å². The zero-order valence-corrected chi connectivity index (χ0v) is 17.6. The predicted octanol–water partition coefficient (Wildman–Crippen LogP) is 2.62. The van der Waals surface area contributed by atoms with Crippen LogP contribution in [0, 0.1) is 13.8 Å². The molecule has 28 heavy (non-hydrogen) atoms. The molecule has 0 unspecified atom stereocenters. The van der Waals surface area contributed by atoms with Gasteiger partial charge in [0.05, 0.1) is 22.2 Å². The number of sulfonamides is 1. The summed E-state index contributed by atoms with van der Waals surface area (Å²) in [6.45, 7) is 3.37. The Morgan fingerprint density at radius 3 is 2.61 bits per heavy atom. The van der Waals surface area contributed by atoms with Crippen molar-refractivity contribution in [3.63, 3.8) is 0 Å². The second kappa shape index (κ2) is 7.40. The van der Waals surface area contributed by atoms with Crippen molar-refractivity contribution in [2.45, 2.75) is 13.8 Å². The van der Waals surface area contributed by atoms with Gasteiger partial charge in [0, 0.05) is 12.7 Å². The molecule has 0 aliphatic rings. The second-order valence-corrected chi connectivity index (χ2v) is 9.55. The van der Waals surface area contributed by atoms with E-state index in [1.807, 2.05) is 19.9 Å². The van der Waals surface area contributed by atoms with Crippen LogP contribution in [0.25, 0.3) is 10.2 Å². The van der Waals surface area contributed by atoms with Gasteiger partial charge in [-0.15, -0.1) is 0 Å². The molecule has 0 aliphatic carbocycles. The molecule has 0 saturated heterocycles. The average molecular weight is 420 g/mol. The minimum Gasteiger partial charge on any atom is -0.324 e. The molecule has 0 atom stereocenters. The number of carbonyl (C=O) groups is 1. The van der Waals surface area contributed by atoms with Crippen LogP contribution < -0.4 is 14.5 Å². The van der Waals surface area contributed by atoms with Crippen molar-refractivity contribution in [3.8, 4) is 0 Å². The number of hydrogen-bond donors (Lipinski definition) is 1. The molecule has 0 radical (unpaired) electrons. The average Bonchev–Trinajstić information content (AvgIpc) is 2.88. The number of rotatable bonds is 5. The molecule has 3 rings (SSSR count). The lowest BCUT2D eigenvalue weighted by atomic mass is 10.1. The predicted molar refractivity (Wildman–Crippen MR) is 114 cm³/mol. The molecule has 1 heterocycles. The lowest BCUT2D eigenvalue weighted by Gasteiger charge is -2.24. The zero-order valence-electron chi connectivity index (χ0n) is 16.0.